The number of ether oxygens (including phenoxy) is 2. The van der Waals surface area contributed by atoms with Gasteiger partial charge in [0.15, 0.2) is 0 Å². The molecule has 0 saturated carbocycles. The first-order valence-corrected chi connectivity index (χ1v) is 13.0. The Labute approximate surface area is 204 Å². The number of carbonyl (C=O) groups is 2. The molecular weight excluding hydrogens is 442 g/mol. The highest BCUT2D eigenvalue weighted by Crippen LogP contribution is 2.23. The van der Waals surface area contributed by atoms with Crippen LogP contribution in [0.15, 0.2) is 0 Å². The van der Waals surface area contributed by atoms with Crippen molar-refractivity contribution in [3.63, 3.8) is 0 Å². The number of amides is 1. The Bertz CT molecular complexity index is 571. The zero-order valence-electron chi connectivity index (χ0n) is 21.2. The Balaban J connectivity index is 2.33. The molecule has 1 rings (SSSR count). The maximum absolute atomic E-state index is 12.6. The number of hydrogen-bond donors (Lipinski definition) is 5. The summed E-state index contributed by atoms with van der Waals surface area (Å²) >= 11 is 0. The first kappa shape index (κ1) is 30.8. The van der Waals surface area contributed by atoms with Gasteiger partial charge < -0.3 is 35.2 Å². The van der Waals surface area contributed by atoms with Gasteiger partial charge in [-0.05, 0) is 12.3 Å². The molecule has 0 aromatic rings. The molecule has 6 atom stereocenters. The van der Waals surface area contributed by atoms with E-state index >= 15 is 0 Å². The Kier molecular flexibility index (Phi) is 15.6. The van der Waals surface area contributed by atoms with E-state index in [0.717, 1.165) is 19.3 Å². The van der Waals surface area contributed by atoms with Crippen LogP contribution in [0.4, 0.5) is 0 Å². The van der Waals surface area contributed by atoms with Crippen molar-refractivity contribution in [1.82, 2.24) is 5.32 Å². The molecule has 1 fully saturated rings. The summed E-state index contributed by atoms with van der Waals surface area (Å²) in [6, 6.07) is -0.951. The first-order valence-electron chi connectivity index (χ1n) is 13.0. The average molecular weight is 490 g/mol. The minimum atomic E-state index is -1.68. The van der Waals surface area contributed by atoms with Crippen molar-refractivity contribution in [2.75, 3.05) is 6.61 Å². The predicted octanol–water partition coefficient (Wildman–Crippen LogP) is 2.17. The van der Waals surface area contributed by atoms with Crippen LogP contribution in [0.3, 0.4) is 0 Å². The van der Waals surface area contributed by atoms with Gasteiger partial charge in [-0.2, -0.15) is 0 Å². The lowest BCUT2D eigenvalue weighted by atomic mass is 9.99. The van der Waals surface area contributed by atoms with Crippen LogP contribution in [0.5, 0.6) is 0 Å². The molecule has 1 aliphatic heterocycles. The van der Waals surface area contributed by atoms with Gasteiger partial charge in [0.2, 0.25) is 12.2 Å². The summed E-state index contributed by atoms with van der Waals surface area (Å²) in [6.45, 7) is 5.10. The van der Waals surface area contributed by atoms with Gasteiger partial charge in [-0.25, -0.2) is 4.79 Å². The topological polar surface area (TPSA) is 146 Å². The molecule has 1 saturated heterocycles. The molecule has 0 aromatic carbocycles. The molecule has 0 spiro atoms. The minimum absolute atomic E-state index is 0.250. The van der Waals surface area contributed by atoms with Crippen LogP contribution >= 0.6 is 0 Å². The Morgan fingerprint density at radius 3 is 1.88 bits per heavy atom. The van der Waals surface area contributed by atoms with Crippen LogP contribution in [0, 0.1) is 5.92 Å². The number of esters is 1. The fourth-order valence-electron chi connectivity index (χ4n) is 4.05. The van der Waals surface area contributed by atoms with Gasteiger partial charge in [0.05, 0.1) is 6.61 Å². The van der Waals surface area contributed by atoms with Gasteiger partial charge in [0.1, 0.15) is 30.5 Å². The van der Waals surface area contributed by atoms with Gasteiger partial charge in [-0.3, -0.25) is 4.79 Å². The number of aliphatic hydroxyl groups excluding tert-OH is 4. The van der Waals surface area contributed by atoms with Crippen LogP contribution in [0.1, 0.15) is 97.8 Å². The molecule has 1 amide bonds. The van der Waals surface area contributed by atoms with E-state index < -0.39 is 49.3 Å². The van der Waals surface area contributed by atoms with E-state index in [1.54, 1.807) is 13.8 Å². The Morgan fingerprint density at radius 1 is 0.853 bits per heavy atom. The van der Waals surface area contributed by atoms with E-state index in [2.05, 4.69) is 12.2 Å². The second kappa shape index (κ2) is 17.2. The molecule has 34 heavy (non-hydrogen) atoms. The third-order valence-electron chi connectivity index (χ3n) is 6.33. The number of unbranched alkanes of at least 4 members (excludes halogenated alkanes) is 10. The van der Waals surface area contributed by atoms with E-state index in [4.69, 9.17) is 9.47 Å². The van der Waals surface area contributed by atoms with E-state index in [1.807, 2.05) is 0 Å². The van der Waals surface area contributed by atoms with Crippen LogP contribution in [0.25, 0.3) is 0 Å². The molecule has 0 unspecified atom stereocenters. The number of rotatable bonds is 17. The zero-order valence-corrected chi connectivity index (χ0v) is 21.2. The molecule has 0 aromatic heterocycles. The van der Waals surface area contributed by atoms with Crippen molar-refractivity contribution in [1.29, 1.82) is 0 Å². The van der Waals surface area contributed by atoms with Crippen LogP contribution in [-0.4, -0.2) is 75.7 Å². The van der Waals surface area contributed by atoms with Crippen LogP contribution < -0.4 is 5.32 Å². The number of aliphatic hydroxyl groups is 4. The van der Waals surface area contributed by atoms with Crippen molar-refractivity contribution in [2.24, 2.45) is 5.92 Å². The lowest BCUT2D eigenvalue weighted by Gasteiger charge is -2.39. The summed E-state index contributed by atoms with van der Waals surface area (Å²) in [6.07, 6.45) is 5.75. The lowest BCUT2D eigenvalue weighted by molar-refractivity contribution is -0.293. The second-order valence-electron chi connectivity index (χ2n) is 9.71. The van der Waals surface area contributed by atoms with Gasteiger partial charge in [0.25, 0.3) is 0 Å². The molecule has 0 aliphatic carbocycles. The van der Waals surface area contributed by atoms with Crippen LogP contribution in [-0.2, 0) is 19.1 Å². The SMILES string of the molecule is CCCCCCCCCCCCCC(=O)N[C@H](C(=O)O[C@H]1O[C@H](CO)[C@H](O)[C@H](O)[C@H]1O)C(C)C. The van der Waals surface area contributed by atoms with Crippen LogP contribution in [0.2, 0.25) is 0 Å². The highest BCUT2D eigenvalue weighted by atomic mass is 16.7. The van der Waals surface area contributed by atoms with Crippen molar-refractivity contribution < 1.29 is 39.5 Å². The Morgan fingerprint density at radius 2 is 1.38 bits per heavy atom. The summed E-state index contributed by atoms with van der Waals surface area (Å²) < 4.78 is 10.4. The number of carbonyl (C=O) groups excluding carboxylic acids is 2. The summed E-state index contributed by atoms with van der Waals surface area (Å²) in [7, 11) is 0. The molecule has 0 bridgehead atoms. The lowest BCUT2D eigenvalue weighted by Crippen LogP contribution is -2.60. The number of hydrogen-bond acceptors (Lipinski definition) is 8. The Hall–Kier alpha value is -1.26. The highest BCUT2D eigenvalue weighted by molar-refractivity contribution is 5.84. The summed E-state index contributed by atoms with van der Waals surface area (Å²) in [5.41, 5.74) is 0. The third kappa shape index (κ3) is 11.0. The second-order valence-corrected chi connectivity index (χ2v) is 9.71. The van der Waals surface area contributed by atoms with E-state index in [-0.39, 0.29) is 11.8 Å². The minimum Gasteiger partial charge on any atom is -0.431 e. The van der Waals surface area contributed by atoms with Crippen molar-refractivity contribution >= 4 is 11.9 Å². The van der Waals surface area contributed by atoms with E-state index in [1.165, 1.54) is 51.4 Å². The molecule has 9 nitrogen and oxygen atoms in total. The molecular formula is C25H47NO8. The smallest absolute Gasteiger partial charge is 0.331 e. The third-order valence-corrected chi connectivity index (χ3v) is 6.33. The van der Waals surface area contributed by atoms with E-state index in [9.17, 15) is 30.0 Å². The largest absolute Gasteiger partial charge is 0.431 e. The molecule has 1 aliphatic rings. The average Bonchev–Trinajstić information content (AvgIpc) is 2.81. The van der Waals surface area contributed by atoms with Gasteiger partial charge in [0, 0.05) is 6.42 Å². The molecule has 200 valence electrons. The van der Waals surface area contributed by atoms with Crippen molar-refractivity contribution in [3.8, 4) is 0 Å². The summed E-state index contributed by atoms with van der Waals surface area (Å²) in [5.74, 6) is -1.34. The molecule has 0 radical (unpaired) electrons. The van der Waals surface area contributed by atoms with E-state index in [0.29, 0.717) is 6.42 Å². The fraction of sp³-hybridized carbons (Fsp3) is 0.920. The maximum Gasteiger partial charge on any atom is 0.331 e. The maximum atomic E-state index is 12.6. The highest BCUT2D eigenvalue weighted by Gasteiger charge is 2.46. The normalized spacial score (nSPS) is 25.8. The molecule has 1 heterocycles. The van der Waals surface area contributed by atoms with Crippen molar-refractivity contribution in [3.05, 3.63) is 0 Å². The predicted molar refractivity (Wildman–Crippen MR) is 128 cm³/mol. The number of nitrogens with one attached hydrogen (secondary N) is 1. The fourth-order valence-corrected chi connectivity index (χ4v) is 4.05. The first-order chi connectivity index (χ1) is 16.2. The summed E-state index contributed by atoms with van der Waals surface area (Å²) in [4.78, 5) is 25.0. The zero-order chi connectivity index (χ0) is 25.5. The summed E-state index contributed by atoms with van der Waals surface area (Å²) in [5, 5.41) is 41.7. The standard InChI is InChI=1S/C25H47NO8/c1-4-5-6-7-8-9-10-11-12-13-14-15-19(28)26-20(17(2)3)24(32)34-25-23(31)22(30)21(29)18(16-27)33-25/h17-18,20-23,25,27,29-31H,4-16H2,1-3H3,(H,26,28)/t18-,20+,21+,22+,23-,25-/m1/s1. The quantitative estimate of drug-likeness (QED) is 0.154. The molecule has 9 heteroatoms. The molecule has 5 N–H and O–H groups in total. The monoisotopic (exact) mass is 489 g/mol. The van der Waals surface area contributed by atoms with Gasteiger partial charge in [-0.1, -0.05) is 85.0 Å². The van der Waals surface area contributed by atoms with Gasteiger partial charge in [-0.15, -0.1) is 0 Å². The van der Waals surface area contributed by atoms with Gasteiger partial charge >= 0.3 is 5.97 Å². The van der Waals surface area contributed by atoms with Crippen molar-refractivity contribution in [2.45, 2.75) is 135 Å².